The van der Waals surface area contributed by atoms with Crippen molar-refractivity contribution in [1.29, 1.82) is 0 Å². The molecule has 0 saturated carbocycles. The predicted octanol–water partition coefficient (Wildman–Crippen LogP) is 2.13. The molecule has 0 aliphatic rings. The number of carbonyl (C=O) groups is 1. The highest BCUT2D eigenvalue weighted by Crippen LogP contribution is 2.26. The molecule has 1 aromatic heterocycles. The molecule has 0 unspecified atom stereocenters. The molecule has 7 heteroatoms. The third kappa shape index (κ3) is 3.05. The van der Waals surface area contributed by atoms with Crippen LogP contribution in [-0.2, 0) is 12.8 Å². The summed E-state index contributed by atoms with van der Waals surface area (Å²) in [5, 5.41) is 12.9. The van der Waals surface area contributed by atoms with Crippen molar-refractivity contribution in [2.24, 2.45) is 7.05 Å². The zero-order valence-electron chi connectivity index (χ0n) is 10.1. The summed E-state index contributed by atoms with van der Waals surface area (Å²) < 4.78 is 14.7. The molecule has 0 radical (unpaired) electrons. The Bertz CT molecular complexity index is 607. The maximum atomic E-state index is 13.2. The van der Waals surface area contributed by atoms with E-state index in [-0.39, 0.29) is 5.56 Å². The first-order valence-electron chi connectivity index (χ1n) is 5.40. The van der Waals surface area contributed by atoms with Gasteiger partial charge in [-0.3, -0.25) is 4.68 Å². The molecule has 2 aromatic rings. The predicted molar refractivity (Wildman–Crippen MR) is 70.5 cm³/mol. The molecule has 1 heterocycles. The average molecular weight is 281 g/mol. The van der Waals surface area contributed by atoms with E-state index >= 15 is 0 Å². The number of rotatable bonds is 4. The van der Waals surface area contributed by atoms with E-state index < -0.39 is 11.8 Å². The van der Waals surface area contributed by atoms with Gasteiger partial charge in [-0.15, -0.1) is 11.8 Å². The molecular formula is C12H12FN3O2S. The van der Waals surface area contributed by atoms with Crippen molar-refractivity contribution >= 4 is 23.4 Å². The Morgan fingerprint density at radius 1 is 1.53 bits per heavy atom. The Kier molecular flexibility index (Phi) is 3.75. The molecule has 0 bridgehead atoms. The molecule has 100 valence electrons. The van der Waals surface area contributed by atoms with Crippen molar-refractivity contribution in [2.75, 3.05) is 5.73 Å². The van der Waals surface area contributed by atoms with Crippen LogP contribution in [0.4, 0.5) is 10.1 Å². The zero-order chi connectivity index (χ0) is 14.0. The second-order valence-corrected chi connectivity index (χ2v) is 4.99. The highest BCUT2D eigenvalue weighted by atomic mass is 32.2. The molecule has 0 aliphatic heterocycles. The first-order valence-corrected chi connectivity index (χ1v) is 6.39. The summed E-state index contributed by atoms with van der Waals surface area (Å²) in [6, 6.07) is 4.24. The lowest BCUT2D eigenvalue weighted by Gasteiger charge is -2.05. The fourth-order valence-electron chi connectivity index (χ4n) is 1.63. The Balaban J connectivity index is 2.18. The van der Waals surface area contributed by atoms with E-state index in [1.807, 2.05) is 0 Å². The molecule has 0 spiro atoms. The van der Waals surface area contributed by atoms with Gasteiger partial charge < -0.3 is 10.8 Å². The quantitative estimate of drug-likeness (QED) is 0.663. The third-order valence-electron chi connectivity index (χ3n) is 2.56. The lowest BCUT2D eigenvalue weighted by molar-refractivity contribution is 0.0696. The number of hydrogen-bond donors (Lipinski definition) is 2. The van der Waals surface area contributed by atoms with Gasteiger partial charge in [-0.1, -0.05) is 0 Å². The van der Waals surface area contributed by atoms with Crippen molar-refractivity contribution in [3.8, 4) is 0 Å². The van der Waals surface area contributed by atoms with Gasteiger partial charge in [0.05, 0.1) is 11.9 Å². The van der Waals surface area contributed by atoms with Crippen LogP contribution in [0.5, 0.6) is 0 Å². The highest BCUT2D eigenvalue weighted by molar-refractivity contribution is 7.98. The standard InChI is InChI=1S/C12H12FN3O2S/c1-16-11(10(5-15-16)12(17)18)6-19-9-3-7(13)2-8(14)4-9/h2-5H,6,14H2,1H3,(H,17,18). The molecule has 5 nitrogen and oxygen atoms in total. The maximum absolute atomic E-state index is 13.2. The van der Waals surface area contributed by atoms with Gasteiger partial charge >= 0.3 is 5.97 Å². The molecule has 0 saturated heterocycles. The number of aromatic carboxylic acids is 1. The number of thioether (sulfide) groups is 1. The molecule has 0 fully saturated rings. The SMILES string of the molecule is Cn1ncc(C(=O)O)c1CSc1cc(N)cc(F)c1. The minimum absolute atomic E-state index is 0.152. The van der Waals surface area contributed by atoms with Gasteiger partial charge in [-0.2, -0.15) is 5.10 Å². The number of nitrogens with zero attached hydrogens (tertiary/aromatic N) is 2. The molecule has 2 rings (SSSR count). The Hall–Kier alpha value is -2.02. The molecular weight excluding hydrogens is 269 g/mol. The van der Waals surface area contributed by atoms with Gasteiger partial charge in [0.2, 0.25) is 0 Å². The number of hydrogen-bond acceptors (Lipinski definition) is 4. The van der Waals surface area contributed by atoms with Crippen LogP contribution in [0.3, 0.4) is 0 Å². The topological polar surface area (TPSA) is 81.1 Å². The highest BCUT2D eigenvalue weighted by Gasteiger charge is 2.15. The van der Waals surface area contributed by atoms with Gasteiger partial charge in [0.1, 0.15) is 11.4 Å². The number of carboxylic acids is 1. The second-order valence-electron chi connectivity index (χ2n) is 3.94. The van der Waals surface area contributed by atoms with E-state index in [4.69, 9.17) is 10.8 Å². The Morgan fingerprint density at radius 2 is 2.26 bits per heavy atom. The first-order chi connectivity index (χ1) is 8.97. The number of benzene rings is 1. The number of anilines is 1. The summed E-state index contributed by atoms with van der Waals surface area (Å²) in [5.41, 5.74) is 6.61. The summed E-state index contributed by atoms with van der Waals surface area (Å²) in [4.78, 5) is 11.7. The third-order valence-corrected chi connectivity index (χ3v) is 3.55. The molecule has 0 aliphatic carbocycles. The van der Waals surface area contributed by atoms with Gasteiger partial charge in [-0.25, -0.2) is 9.18 Å². The molecule has 3 N–H and O–H groups in total. The Labute approximate surface area is 113 Å². The van der Waals surface area contributed by atoms with E-state index in [2.05, 4.69) is 5.10 Å². The molecule has 19 heavy (non-hydrogen) atoms. The number of nitrogens with two attached hydrogens (primary N) is 1. The fourth-order valence-corrected chi connectivity index (χ4v) is 2.69. The number of nitrogen functional groups attached to an aromatic ring is 1. The van der Waals surface area contributed by atoms with Crippen molar-refractivity contribution in [3.05, 3.63) is 41.5 Å². The van der Waals surface area contributed by atoms with Crippen molar-refractivity contribution in [1.82, 2.24) is 9.78 Å². The molecule has 0 amide bonds. The smallest absolute Gasteiger partial charge is 0.339 e. The lowest BCUT2D eigenvalue weighted by atomic mass is 10.3. The van der Waals surface area contributed by atoms with Crippen LogP contribution in [0.2, 0.25) is 0 Å². The van der Waals surface area contributed by atoms with E-state index in [1.54, 1.807) is 13.1 Å². The molecule has 1 aromatic carbocycles. The summed E-state index contributed by atoms with van der Waals surface area (Å²) in [6.07, 6.45) is 1.30. The van der Waals surface area contributed by atoms with Gasteiger partial charge in [0.25, 0.3) is 0 Å². The van der Waals surface area contributed by atoms with Gasteiger partial charge in [-0.05, 0) is 18.2 Å². The van der Waals surface area contributed by atoms with Crippen molar-refractivity contribution in [3.63, 3.8) is 0 Å². The first kappa shape index (κ1) is 13.4. The summed E-state index contributed by atoms with van der Waals surface area (Å²) in [5.74, 6) is -1.06. The van der Waals surface area contributed by atoms with Crippen LogP contribution in [-0.4, -0.2) is 20.9 Å². The van der Waals surface area contributed by atoms with Crippen LogP contribution in [0.25, 0.3) is 0 Å². The summed E-state index contributed by atoms with van der Waals surface area (Å²) >= 11 is 1.31. The normalized spacial score (nSPS) is 10.6. The number of aromatic nitrogens is 2. The van der Waals surface area contributed by atoms with Crippen LogP contribution in [0.15, 0.2) is 29.3 Å². The van der Waals surface area contributed by atoms with Crippen LogP contribution in [0, 0.1) is 5.82 Å². The van der Waals surface area contributed by atoms with Gasteiger partial charge in [0, 0.05) is 23.4 Å². The van der Waals surface area contributed by atoms with E-state index in [0.29, 0.717) is 22.0 Å². The van der Waals surface area contributed by atoms with E-state index in [1.165, 1.54) is 34.8 Å². The van der Waals surface area contributed by atoms with Crippen molar-refractivity contribution < 1.29 is 14.3 Å². The fraction of sp³-hybridized carbons (Fsp3) is 0.167. The maximum Gasteiger partial charge on any atom is 0.339 e. The monoisotopic (exact) mass is 281 g/mol. The van der Waals surface area contributed by atoms with E-state index in [9.17, 15) is 9.18 Å². The van der Waals surface area contributed by atoms with Crippen LogP contribution in [0.1, 0.15) is 16.1 Å². The number of carboxylic acid groups (broad SMARTS) is 1. The average Bonchev–Trinajstić information content (AvgIpc) is 2.67. The van der Waals surface area contributed by atoms with Crippen molar-refractivity contribution in [2.45, 2.75) is 10.6 Å². The number of halogens is 1. The molecule has 0 atom stereocenters. The van der Waals surface area contributed by atoms with E-state index in [0.717, 1.165) is 0 Å². The number of aryl methyl sites for hydroxylation is 1. The lowest BCUT2D eigenvalue weighted by Crippen LogP contribution is -2.03. The largest absolute Gasteiger partial charge is 0.478 e. The minimum atomic E-state index is -1.03. The van der Waals surface area contributed by atoms with Gasteiger partial charge in [0.15, 0.2) is 0 Å². The summed E-state index contributed by atoms with van der Waals surface area (Å²) in [7, 11) is 1.67. The minimum Gasteiger partial charge on any atom is -0.478 e. The Morgan fingerprint density at radius 3 is 2.89 bits per heavy atom. The van der Waals surface area contributed by atoms with Crippen LogP contribution < -0.4 is 5.73 Å². The van der Waals surface area contributed by atoms with Crippen LogP contribution >= 0.6 is 11.8 Å². The second kappa shape index (κ2) is 5.31. The summed E-state index contributed by atoms with van der Waals surface area (Å²) in [6.45, 7) is 0. The zero-order valence-corrected chi connectivity index (χ0v) is 10.9.